The van der Waals surface area contributed by atoms with Crippen molar-refractivity contribution in [1.82, 2.24) is 0 Å². The summed E-state index contributed by atoms with van der Waals surface area (Å²) >= 11 is 3.00. The molecule has 0 saturated carbocycles. The molecule has 2 nitrogen and oxygen atoms in total. The maximum absolute atomic E-state index is 7.05. The lowest BCUT2D eigenvalue weighted by molar-refractivity contribution is 1.55. The highest BCUT2D eigenvalue weighted by Crippen LogP contribution is 2.04. The van der Waals surface area contributed by atoms with E-state index in [0.717, 1.165) is 5.69 Å². The molecule has 0 aliphatic carbocycles. The highest BCUT2D eigenvalue weighted by molar-refractivity contribution is 9.18. The minimum atomic E-state index is 0.353. The first-order chi connectivity index (χ1) is 5.79. The van der Waals surface area contributed by atoms with E-state index in [2.05, 4.69) is 21.2 Å². The molecule has 0 unspecified atom stereocenters. The molecule has 12 heavy (non-hydrogen) atoms. The molecule has 0 spiro atoms. The molecule has 1 rings (SSSR count). The van der Waals surface area contributed by atoms with Crippen molar-refractivity contribution in [2.45, 2.75) is 0 Å². The third kappa shape index (κ3) is 3.34. The van der Waals surface area contributed by atoms with E-state index in [4.69, 9.17) is 5.41 Å². The molecular weight excluding hydrogens is 216 g/mol. The van der Waals surface area contributed by atoms with Gasteiger partial charge in [0.25, 0.3) is 0 Å². The van der Waals surface area contributed by atoms with Gasteiger partial charge in [0.2, 0.25) is 0 Å². The predicted molar refractivity (Wildman–Crippen MR) is 55.9 cm³/mol. The Kier molecular flexibility index (Phi) is 3.54. The van der Waals surface area contributed by atoms with Gasteiger partial charge in [-0.25, -0.2) is 0 Å². The third-order valence-corrected chi connectivity index (χ3v) is 1.52. The number of rotatable bonds is 3. The number of allylic oxidation sites excluding steroid dienone is 1. The molecule has 62 valence electrons. The maximum atomic E-state index is 7.05. The van der Waals surface area contributed by atoms with E-state index in [0.29, 0.717) is 4.62 Å². The van der Waals surface area contributed by atoms with Gasteiger partial charge in [-0.2, -0.15) is 0 Å². The Hall–Kier alpha value is -1.09. The van der Waals surface area contributed by atoms with Crippen molar-refractivity contribution in [3.8, 4) is 0 Å². The van der Waals surface area contributed by atoms with Gasteiger partial charge in [-0.3, -0.25) is 5.41 Å². The van der Waals surface area contributed by atoms with Gasteiger partial charge in [0.15, 0.2) is 0 Å². The summed E-state index contributed by atoms with van der Waals surface area (Å²) in [5.41, 5.74) is 1.02. The highest BCUT2D eigenvalue weighted by Gasteiger charge is 1.83. The Morgan fingerprint density at radius 3 is 2.58 bits per heavy atom. The summed E-state index contributed by atoms with van der Waals surface area (Å²) in [6.45, 7) is 0. The van der Waals surface area contributed by atoms with Crippen molar-refractivity contribution >= 4 is 26.2 Å². The van der Waals surface area contributed by atoms with Crippen molar-refractivity contribution in [1.29, 1.82) is 5.41 Å². The van der Waals surface area contributed by atoms with Crippen LogP contribution in [0.25, 0.3) is 0 Å². The SMILES string of the molecule is N=C(Br)/C=C\Nc1ccccc1. The molecule has 0 aliphatic heterocycles. The van der Waals surface area contributed by atoms with Crippen molar-refractivity contribution in [3.63, 3.8) is 0 Å². The standard InChI is InChI=1S/C9H9BrN2/c10-9(11)6-7-12-8-4-2-1-3-5-8/h1-7,11-12H/b7-6-,11-9?. The van der Waals surface area contributed by atoms with Crippen LogP contribution in [0.3, 0.4) is 0 Å². The summed E-state index contributed by atoms with van der Waals surface area (Å²) in [6, 6.07) is 9.79. The van der Waals surface area contributed by atoms with Crippen molar-refractivity contribution in [3.05, 3.63) is 42.6 Å². The van der Waals surface area contributed by atoms with Crippen LogP contribution in [-0.4, -0.2) is 4.62 Å². The summed E-state index contributed by atoms with van der Waals surface area (Å²) in [5.74, 6) is 0. The maximum Gasteiger partial charge on any atom is 0.0981 e. The van der Waals surface area contributed by atoms with E-state index in [9.17, 15) is 0 Å². The zero-order valence-electron chi connectivity index (χ0n) is 6.42. The highest BCUT2D eigenvalue weighted by atomic mass is 79.9. The van der Waals surface area contributed by atoms with E-state index in [1.165, 1.54) is 0 Å². The third-order valence-electron chi connectivity index (χ3n) is 1.25. The number of nitrogens with one attached hydrogen (secondary N) is 2. The zero-order chi connectivity index (χ0) is 8.81. The number of halogens is 1. The molecule has 1 aromatic carbocycles. The molecule has 0 bridgehead atoms. The van der Waals surface area contributed by atoms with E-state index in [-0.39, 0.29) is 0 Å². The van der Waals surface area contributed by atoms with Crippen LogP contribution in [0.5, 0.6) is 0 Å². The Morgan fingerprint density at radius 2 is 2.00 bits per heavy atom. The van der Waals surface area contributed by atoms with Gasteiger partial charge < -0.3 is 5.32 Å². The monoisotopic (exact) mass is 224 g/mol. The summed E-state index contributed by atoms with van der Waals surface area (Å²) in [6.07, 6.45) is 3.35. The van der Waals surface area contributed by atoms with Gasteiger partial charge in [0.05, 0.1) is 4.62 Å². The molecule has 2 N–H and O–H groups in total. The molecule has 0 saturated heterocycles. The smallest absolute Gasteiger partial charge is 0.0981 e. The van der Waals surface area contributed by atoms with Crippen molar-refractivity contribution in [2.24, 2.45) is 0 Å². The van der Waals surface area contributed by atoms with Crippen LogP contribution in [0.1, 0.15) is 0 Å². The zero-order valence-corrected chi connectivity index (χ0v) is 8.01. The lowest BCUT2D eigenvalue weighted by Crippen LogP contribution is -1.86. The Balaban J connectivity index is 2.49. The van der Waals surface area contributed by atoms with E-state index in [1.54, 1.807) is 12.3 Å². The van der Waals surface area contributed by atoms with Gasteiger partial charge in [-0.15, -0.1) is 0 Å². The number of hydrogen-bond donors (Lipinski definition) is 2. The first-order valence-electron chi connectivity index (χ1n) is 3.51. The number of para-hydroxylation sites is 1. The molecule has 0 heterocycles. The summed E-state index contributed by atoms with van der Waals surface area (Å²) in [5, 5.41) is 10.1. The summed E-state index contributed by atoms with van der Waals surface area (Å²) < 4.78 is 0.353. The molecule has 3 heteroatoms. The lowest BCUT2D eigenvalue weighted by Gasteiger charge is -1.97. The minimum Gasteiger partial charge on any atom is -0.362 e. The van der Waals surface area contributed by atoms with Crippen LogP contribution < -0.4 is 5.32 Å². The van der Waals surface area contributed by atoms with Crippen molar-refractivity contribution in [2.75, 3.05) is 5.32 Å². The Bertz CT molecular complexity index is 280. The van der Waals surface area contributed by atoms with Gasteiger partial charge in [0, 0.05) is 11.9 Å². The first kappa shape index (κ1) is 9.00. The number of anilines is 1. The second-order valence-electron chi connectivity index (χ2n) is 2.19. The number of hydrogen-bond acceptors (Lipinski definition) is 2. The molecule has 1 aromatic rings. The molecular formula is C9H9BrN2. The molecule has 0 atom stereocenters. The average molecular weight is 225 g/mol. The fourth-order valence-electron chi connectivity index (χ4n) is 0.745. The van der Waals surface area contributed by atoms with E-state index >= 15 is 0 Å². The quantitative estimate of drug-likeness (QED) is 0.762. The van der Waals surface area contributed by atoms with Crippen LogP contribution in [0, 0.1) is 5.41 Å². The lowest BCUT2D eigenvalue weighted by atomic mass is 10.3. The van der Waals surface area contributed by atoms with E-state index < -0.39 is 0 Å². The summed E-state index contributed by atoms with van der Waals surface area (Å²) in [4.78, 5) is 0. The van der Waals surface area contributed by atoms with Crippen molar-refractivity contribution < 1.29 is 0 Å². The fourth-order valence-corrected chi connectivity index (χ4v) is 0.878. The minimum absolute atomic E-state index is 0.353. The molecule has 0 amide bonds. The average Bonchev–Trinajstić information content (AvgIpc) is 2.05. The molecule has 0 aromatic heterocycles. The molecule has 0 aliphatic rings. The second-order valence-corrected chi connectivity index (χ2v) is 3.05. The normalized spacial score (nSPS) is 10.1. The van der Waals surface area contributed by atoms with Crippen LogP contribution in [0.4, 0.5) is 5.69 Å². The van der Waals surface area contributed by atoms with Crippen LogP contribution in [-0.2, 0) is 0 Å². The Morgan fingerprint density at radius 1 is 1.33 bits per heavy atom. The first-order valence-corrected chi connectivity index (χ1v) is 4.30. The number of benzene rings is 1. The van der Waals surface area contributed by atoms with Crippen LogP contribution >= 0.6 is 15.9 Å². The molecule has 0 fully saturated rings. The Labute approximate surface area is 79.9 Å². The van der Waals surface area contributed by atoms with Crippen LogP contribution in [0.2, 0.25) is 0 Å². The second kappa shape index (κ2) is 4.72. The molecule has 0 radical (unpaired) electrons. The van der Waals surface area contributed by atoms with Gasteiger partial charge in [0.1, 0.15) is 0 Å². The predicted octanol–water partition coefficient (Wildman–Crippen LogP) is 2.98. The largest absolute Gasteiger partial charge is 0.362 e. The van der Waals surface area contributed by atoms with Gasteiger partial charge in [-0.1, -0.05) is 18.2 Å². The van der Waals surface area contributed by atoms with E-state index in [1.807, 2.05) is 30.3 Å². The van der Waals surface area contributed by atoms with Gasteiger partial charge >= 0.3 is 0 Å². The van der Waals surface area contributed by atoms with Gasteiger partial charge in [-0.05, 0) is 34.1 Å². The topological polar surface area (TPSA) is 35.9 Å². The summed E-state index contributed by atoms with van der Waals surface area (Å²) in [7, 11) is 0. The fraction of sp³-hybridized carbons (Fsp3) is 0. The van der Waals surface area contributed by atoms with Crippen LogP contribution in [0.15, 0.2) is 42.6 Å².